The number of rotatable bonds is 3. The maximum absolute atomic E-state index is 5.71. The van der Waals surface area contributed by atoms with E-state index in [1.165, 1.54) is 12.8 Å². The molecule has 18 heavy (non-hydrogen) atoms. The number of nitrogens with zero attached hydrogens (tertiary/aromatic N) is 4. The minimum atomic E-state index is 0.428. The second kappa shape index (κ2) is 5.06. The molecule has 5 nitrogen and oxygen atoms in total. The highest BCUT2D eigenvalue weighted by atomic mass is 79.9. The number of hydrogen-bond donors (Lipinski definition) is 0. The molecule has 94 valence electrons. The van der Waals surface area contributed by atoms with Crippen LogP contribution >= 0.6 is 15.9 Å². The summed E-state index contributed by atoms with van der Waals surface area (Å²) in [6.07, 6.45) is 5.13. The Bertz CT molecular complexity index is 555. The van der Waals surface area contributed by atoms with Crippen LogP contribution in [0.25, 0.3) is 0 Å². The number of halogens is 1. The molecule has 0 unspecified atom stereocenters. The summed E-state index contributed by atoms with van der Waals surface area (Å²) in [5.74, 6) is 2.69. The molecule has 0 aromatic carbocycles. The van der Waals surface area contributed by atoms with Crippen LogP contribution in [0.15, 0.2) is 22.9 Å². The number of hydrogen-bond acceptors (Lipinski definition) is 4. The highest BCUT2D eigenvalue weighted by molar-refractivity contribution is 9.10. The van der Waals surface area contributed by atoms with Crippen molar-refractivity contribution in [2.24, 2.45) is 0 Å². The van der Waals surface area contributed by atoms with Crippen molar-refractivity contribution >= 4 is 15.9 Å². The quantitative estimate of drug-likeness (QED) is 0.817. The molecule has 3 heterocycles. The topological polar surface area (TPSA) is 52.8 Å². The monoisotopic (exact) mass is 308 g/mol. The largest absolute Gasteiger partial charge is 0.483 e. The average molecular weight is 309 g/mol. The van der Waals surface area contributed by atoms with Gasteiger partial charge in [-0.15, -0.1) is 10.2 Å². The summed E-state index contributed by atoms with van der Waals surface area (Å²) in [4.78, 5) is 4.12. The highest BCUT2D eigenvalue weighted by Crippen LogP contribution is 2.22. The lowest BCUT2D eigenvalue weighted by atomic mass is 10.2. The van der Waals surface area contributed by atoms with E-state index < -0.39 is 0 Å². The maximum atomic E-state index is 5.71. The molecule has 0 spiro atoms. The summed E-state index contributed by atoms with van der Waals surface area (Å²) in [5, 5.41) is 8.39. The van der Waals surface area contributed by atoms with Crippen molar-refractivity contribution in [3.63, 3.8) is 0 Å². The van der Waals surface area contributed by atoms with Gasteiger partial charge in [-0.25, -0.2) is 4.98 Å². The van der Waals surface area contributed by atoms with Gasteiger partial charge in [0.25, 0.3) is 0 Å². The van der Waals surface area contributed by atoms with Gasteiger partial charge >= 0.3 is 0 Å². The first-order valence-corrected chi connectivity index (χ1v) is 6.78. The Balaban J connectivity index is 1.74. The lowest BCUT2D eigenvalue weighted by molar-refractivity contribution is 0.283. The molecule has 0 amide bonds. The predicted octanol–water partition coefficient (Wildman–Crippen LogP) is 2.35. The predicted molar refractivity (Wildman–Crippen MR) is 69.2 cm³/mol. The fourth-order valence-electron chi connectivity index (χ4n) is 2.10. The molecule has 6 heteroatoms. The van der Waals surface area contributed by atoms with E-state index in [-0.39, 0.29) is 0 Å². The Labute approximate surface area is 113 Å². The lowest BCUT2D eigenvalue weighted by Crippen LogP contribution is -2.14. The number of aromatic nitrogens is 4. The molecule has 3 rings (SSSR count). The first kappa shape index (κ1) is 11.6. The Morgan fingerprint density at radius 3 is 3.17 bits per heavy atom. The van der Waals surface area contributed by atoms with E-state index in [9.17, 15) is 0 Å². The van der Waals surface area contributed by atoms with Crippen LogP contribution in [0, 0.1) is 0 Å². The van der Waals surface area contributed by atoms with Gasteiger partial charge in [-0.05, 0) is 40.9 Å². The molecule has 0 N–H and O–H groups in total. The van der Waals surface area contributed by atoms with Gasteiger partial charge < -0.3 is 9.30 Å². The van der Waals surface area contributed by atoms with E-state index >= 15 is 0 Å². The molecule has 1 aliphatic rings. The fraction of sp³-hybridized carbons (Fsp3) is 0.417. The molecule has 1 aliphatic heterocycles. The van der Waals surface area contributed by atoms with Gasteiger partial charge in [0.2, 0.25) is 0 Å². The lowest BCUT2D eigenvalue weighted by Gasteiger charge is -2.15. The van der Waals surface area contributed by atoms with Crippen molar-refractivity contribution in [3.05, 3.63) is 34.6 Å². The summed E-state index contributed by atoms with van der Waals surface area (Å²) in [7, 11) is 0. The molecule has 0 aliphatic carbocycles. The molecule has 0 radical (unpaired) electrons. The Morgan fingerprint density at radius 1 is 1.33 bits per heavy atom. The molecule has 0 saturated carbocycles. The van der Waals surface area contributed by atoms with Gasteiger partial charge in [0, 0.05) is 19.2 Å². The molecular formula is C12H13BrN4O. The zero-order valence-corrected chi connectivity index (χ0v) is 11.4. The zero-order valence-electron chi connectivity index (χ0n) is 9.84. The smallest absolute Gasteiger partial charge is 0.171 e. The molecule has 2 aromatic rings. The molecule has 0 fully saturated rings. The summed E-state index contributed by atoms with van der Waals surface area (Å²) in [6, 6.07) is 3.73. The van der Waals surface area contributed by atoms with Crippen molar-refractivity contribution in [3.8, 4) is 5.75 Å². The second-order valence-corrected chi connectivity index (χ2v) is 4.97. The number of pyridine rings is 1. The summed E-state index contributed by atoms with van der Waals surface area (Å²) < 4.78 is 8.59. The third kappa shape index (κ3) is 2.25. The van der Waals surface area contributed by atoms with E-state index in [2.05, 4.69) is 35.7 Å². The van der Waals surface area contributed by atoms with Crippen LogP contribution in [0.4, 0.5) is 0 Å². The first-order chi connectivity index (χ1) is 8.84. The molecule has 2 aromatic heterocycles. The van der Waals surface area contributed by atoms with E-state index in [0.717, 1.165) is 30.4 Å². The van der Waals surface area contributed by atoms with Gasteiger partial charge in [0.05, 0.1) is 0 Å². The SMILES string of the molecule is Brc1ncccc1OCc1nnc2n1CCCC2. The normalized spacial score (nSPS) is 14.3. The van der Waals surface area contributed by atoms with E-state index in [1.807, 2.05) is 12.1 Å². The third-order valence-electron chi connectivity index (χ3n) is 3.02. The fourth-order valence-corrected chi connectivity index (χ4v) is 2.46. The minimum absolute atomic E-state index is 0.428. The van der Waals surface area contributed by atoms with Gasteiger partial charge in [0.15, 0.2) is 11.6 Å². The van der Waals surface area contributed by atoms with E-state index in [0.29, 0.717) is 11.2 Å². The highest BCUT2D eigenvalue weighted by Gasteiger charge is 2.16. The average Bonchev–Trinajstić information content (AvgIpc) is 2.81. The summed E-state index contributed by atoms with van der Waals surface area (Å²) in [5.41, 5.74) is 0. The van der Waals surface area contributed by atoms with Crippen molar-refractivity contribution in [1.82, 2.24) is 19.7 Å². The van der Waals surface area contributed by atoms with Crippen molar-refractivity contribution < 1.29 is 4.74 Å². The number of ether oxygens (including phenoxy) is 1. The van der Waals surface area contributed by atoms with Gasteiger partial charge in [-0.2, -0.15) is 0 Å². The Kier molecular flexibility index (Phi) is 3.27. The van der Waals surface area contributed by atoms with Crippen molar-refractivity contribution in [2.75, 3.05) is 0 Å². The van der Waals surface area contributed by atoms with Crippen LogP contribution in [0.1, 0.15) is 24.5 Å². The second-order valence-electron chi connectivity index (χ2n) is 4.22. The van der Waals surface area contributed by atoms with E-state index in [1.54, 1.807) is 6.20 Å². The minimum Gasteiger partial charge on any atom is -0.483 e. The number of fused-ring (bicyclic) bond motifs is 1. The summed E-state index contributed by atoms with van der Waals surface area (Å²) in [6.45, 7) is 1.42. The van der Waals surface area contributed by atoms with Crippen LogP contribution in [-0.4, -0.2) is 19.7 Å². The van der Waals surface area contributed by atoms with Gasteiger partial charge in [-0.1, -0.05) is 0 Å². The first-order valence-electron chi connectivity index (χ1n) is 5.99. The van der Waals surface area contributed by atoms with Crippen molar-refractivity contribution in [2.45, 2.75) is 32.4 Å². The summed E-state index contributed by atoms with van der Waals surface area (Å²) >= 11 is 3.36. The van der Waals surface area contributed by atoms with Crippen LogP contribution < -0.4 is 4.74 Å². The standard InChI is InChI=1S/C12H13BrN4O/c13-12-9(4-3-6-14-12)18-8-11-16-15-10-5-1-2-7-17(10)11/h3-4,6H,1-2,5,7-8H2. The molecule has 0 atom stereocenters. The van der Waals surface area contributed by atoms with Gasteiger partial charge in [0.1, 0.15) is 17.0 Å². The zero-order chi connectivity index (χ0) is 12.4. The van der Waals surface area contributed by atoms with Crippen molar-refractivity contribution in [1.29, 1.82) is 0 Å². The van der Waals surface area contributed by atoms with Crippen LogP contribution in [-0.2, 0) is 19.6 Å². The van der Waals surface area contributed by atoms with Crippen LogP contribution in [0.2, 0.25) is 0 Å². The molecule has 0 saturated heterocycles. The number of aryl methyl sites for hydroxylation is 1. The molecule has 0 bridgehead atoms. The van der Waals surface area contributed by atoms with Gasteiger partial charge in [-0.3, -0.25) is 0 Å². The third-order valence-corrected chi connectivity index (χ3v) is 3.61. The Morgan fingerprint density at radius 2 is 2.28 bits per heavy atom. The molecular weight excluding hydrogens is 296 g/mol. The Hall–Kier alpha value is -1.43. The van der Waals surface area contributed by atoms with Crippen LogP contribution in [0.5, 0.6) is 5.75 Å². The van der Waals surface area contributed by atoms with Crippen LogP contribution in [0.3, 0.4) is 0 Å². The maximum Gasteiger partial charge on any atom is 0.171 e. The van der Waals surface area contributed by atoms with E-state index in [4.69, 9.17) is 4.74 Å².